The number of hydrogen-bond donors (Lipinski definition) is 0. The minimum atomic E-state index is 0.390. The van der Waals surface area contributed by atoms with Crippen LogP contribution in [0.5, 0.6) is 5.75 Å². The fourth-order valence-corrected chi connectivity index (χ4v) is 0.687. The van der Waals surface area contributed by atoms with Crippen molar-refractivity contribution in [2.24, 2.45) is 0 Å². The van der Waals surface area contributed by atoms with E-state index in [2.05, 4.69) is 11.6 Å². The van der Waals surface area contributed by atoms with Crippen LogP contribution in [0.25, 0.3) is 0 Å². The molecular weight excluding hydrogens is 152 g/mol. The van der Waals surface area contributed by atoms with Crippen LogP contribution in [-0.4, -0.2) is 11.6 Å². The average molecular weight is 160 g/mol. The second-order valence-electron chi connectivity index (χ2n) is 2.09. The number of nitrogens with zero attached hydrogens (tertiary/aromatic N) is 2. The first kappa shape index (κ1) is 8.28. The van der Waals surface area contributed by atoms with E-state index >= 15 is 0 Å². The van der Waals surface area contributed by atoms with Gasteiger partial charge in [0.15, 0.2) is 0 Å². The molecule has 0 radical (unpaired) electrons. The highest BCUT2D eigenvalue weighted by Gasteiger charge is 1.93. The van der Waals surface area contributed by atoms with Gasteiger partial charge in [-0.1, -0.05) is 12.7 Å². The van der Waals surface area contributed by atoms with Gasteiger partial charge in [0.1, 0.15) is 24.1 Å². The molecule has 0 saturated carbocycles. The smallest absolute Gasteiger partial charge is 0.140 e. The minimum absolute atomic E-state index is 0.390. The number of aromatic nitrogens is 1. The second-order valence-corrected chi connectivity index (χ2v) is 2.09. The quantitative estimate of drug-likeness (QED) is 0.630. The molecule has 0 aromatic carbocycles. The SMILES string of the molecule is C=CCOc1ccc(C#N)nc1. The summed E-state index contributed by atoms with van der Waals surface area (Å²) in [6, 6.07) is 5.24. The Kier molecular flexibility index (Phi) is 2.86. The molecule has 0 fully saturated rings. The fourth-order valence-electron chi connectivity index (χ4n) is 0.687. The summed E-state index contributed by atoms with van der Waals surface area (Å²) in [6.07, 6.45) is 3.17. The summed E-state index contributed by atoms with van der Waals surface area (Å²) in [4.78, 5) is 3.83. The van der Waals surface area contributed by atoms with Gasteiger partial charge in [0.05, 0.1) is 6.20 Å². The molecule has 0 bridgehead atoms. The van der Waals surface area contributed by atoms with E-state index in [-0.39, 0.29) is 0 Å². The Bertz CT molecular complexity index is 297. The molecule has 1 rings (SSSR count). The van der Waals surface area contributed by atoms with Gasteiger partial charge in [-0.25, -0.2) is 4.98 Å². The van der Waals surface area contributed by atoms with Crippen LogP contribution in [0.15, 0.2) is 31.0 Å². The second kappa shape index (κ2) is 4.14. The number of ether oxygens (including phenoxy) is 1. The van der Waals surface area contributed by atoms with Crippen molar-refractivity contribution in [1.29, 1.82) is 5.26 Å². The minimum Gasteiger partial charge on any atom is -0.488 e. The zero-order valence-electron chi connectivity index (χ0n) is 6.53. The molecule has 1 heterocycles. The first-order valence-electron chi connectivity index (χ1n) is 3.46. The summed E-state index contributed by atoms with van der Waals surface area (Å²) in [6.45, 7) is 3.96. The molecule has 12 heavy (non-hydrogen) atoms. The van der Waals surface area contributed by atoms with Crippen molar-refractivity contribution in [2.75, 3.05) is 6.61 Å². The zero-order valence-corrected chi connectivity index (χ0v) is 6.53. The highest BCUT2D eigenvalue weighted by atomic mass is 16.5. The summed E-state index contributed by atoms with van der Waals surface area (Å²) in [5.41, 5.74) is 0.390. The summed E-state index contributed by atoms with van der Waals surface area (Å²) < 4.78 is 5.16. The van der Waals surface area contributed by atoms with Crippen LogP contribution in [0, 0.1) is 11.3 Å². The van der Waals surface area contributed by atoms with Crippen molar-refractivity contribution in [1.82, 2.24) is 4.98 Å². The van der Waals surface area contributed by atoms with E-state index < -0.39 is 0 Å². The molecule has 0 spiro atoms. The van der Waals surface area contributed by atoms with Gasteiger partial charge >= 0.3 is 0 Å². The monoisotopic (exact) mass is 160 g/mol. The Morgan fingerprint density at radius 2 is 2.50 bits per heavy atom. The third-order valence-corrected chi connectivity index (χ3v) is 1.22. The molecule has 0 aliphatic rings. The summed E-state index contributed by atoms with van der Waals surface area (Å²) in [5.74, 6) is 0.647. The van der Waals surface area contributed by atoms with Gasteiger partial charge < -0.3 is 4.74 Å². The first-order chi connectivity index (χ1) is 5.86. The van der Waals surface area contributed by atoms with Gasteiger partial charge in [-0.3, -0.25) is 0 Å². The number of pyridine rings is 1. The maximum absolute atomic E-state index is 8.44. The molecule has 1 aromatic rings. The largest absolute Gasteiger partial charge is 0.488 e. The summed E-state index contributed by atoms with van der Waals surface area (Å²) in [5, 5.41) is 8.44. The molecule has 3 heteroatoms. The molecule has 0 unspecified atom stereocenters. The van der Waals surface area contributed by atoms with Crippen LogP contribution >= 0.6 is 0 Å². The van der Waals surface area contributed by atoms with Gasteiger partial charge in [0.2, 0.25) is 0 Å². The van der Waals surface area contributed by atoms with Crippen LogP contribution < -0.4 is 4.74 Å². The molecular formula is C9H8N2O. The Morgan fingerprint density at radius 3 is 3.00 bits per heavy atom. The molecule has 0 saturated heterocycles. The highest BCUT2D eigenvalue weighted by Crippen LogP contribution is 2.07. The van der Waals surface area contributed by atoms with Crippen LogP contribution in [0.1, 0.15) is 5.69 Å². The third kappa shape index (κ3) is 2.10. The Hall–Kier alpha value is -1.82. The van der Waals surface area contributed by atoms with E-state index in [1.807, 2.05) is 6.07 Å². The summed E-state index contributed by atoms with van der Waals surface area (Å²) >= 11 is 0. The Labute approximate surface area is 70.9 Å². The van der Waals surface area contributed by atoms with Crippen LogP contribution in [0.3, 0.4) is 0 Å². The predicted octanol–water partition coefficient (Wildman–Crippen LogP) is 1.52. The third-order valence-electron chi connectivity index (χ3n) is 1.22. The van der Waals surface area contributed by atoms with Crippen molar-refractivity contribution in [2.45, 2.75) is 0 Å². The average Bonchev–Trinajstić information content (AvgIpc) is 2.15. The fraction of sp³-hybridized carbons (Fsp3) is 0.111. The molecule has 0 atom stereocenters. The van der Waals surface area contributed by atoms with E-state index in [1.165, 1.54) is 6.20 Å². The predicted molar refractivity (Wildman–Crippen MR) is 44.6 cm³/mol. The Balaban J connectivity index is 2.66. The lowest BCUT2D eigenvalue weighted by Crippen LogP contribution is -1.93. The maximum atomic E-state index is 8.44. The van der Waals surface area contributed by atoms with Crippen molar-refractivity contribution in [3.63, 3.8) is 0 Å². The number of nitriles is 1. The standard InChI is InChI=1S/C9H8N2O/c1-2-5-12-9-4-3-8(6-10)11-7-9/h2-4,7H,1,5H2. The van der Waals surface area contributed by atoms with E-state index in [0.717, 1.165) is 0 Å². The van der Waals surface area contributed by atoms with Crippen LogP contribution in [0.2, 0.25) is 0 Å². The normalized spacial score (nSPS) is 8.58. The molecule has 0 aliphatic heterocycles. The molecule has 0 N–H and O–H groups in total. The Morgan fingerprint density at radius 1 is 1.67 bits per heavy atom. The van der Waals surface area contributed by atoms with Crippen LogP contribution in [-0.2, 0) is 0 Å². The van der Waals surface area contributed by atoms with Crippen molar-refractivity contribution < 1.29 is 4.74 Å². The maximum Gasteiger partial charge on any atom is 0.140 e. The molecule has 1 aromatic heterocycles. The topological polar surface area (TPSA) is 45.9 Å². The highest BCUT2D eigenvalue weighted by molar-refractivity contribution is 5.26. The van der Waals surface area contributed by atoms with Gasteiger partial charge in [0.25, 0.3) is 0 Å². The molecule has 0 aliphatic carbocycles. The molecule has 0 amide bonds. The lowest BCUT2D eigenvalue weighted by atomic mass is 10.4. The van der Waals surface area contributed by atoms with Gasteiger partial charge in [0, 0.05) is 0 Å². The van der Waals surface area contributed by atoms with E-state index in [1.54, 1.807) is 18.2 Å². The van der Waals surface area contributed by atoms with E-state index in [9.17, 15) is 0 Å². The van der Waals surface area contributed by atoms with Crippen molar-refractivity contribution in [3.05, 3.63) is 36.7 Å². The number of hydrogen-bond acceptors (Lipinski definition) is 3. The van der Waals surface area contributed by atoms with Gasteiger partial charge in [-0.2, -0.15) is 5.26 Å². The van der Waals surface area contributed by atoms with Crippen molar-refractivity contribution in [3.8, 4) is 11.8 Å². The first-order valence-corrected chi connectivity index (χ1v) is 3.46. The lowest BCUT2D eigenvalue weighted by Gasteiger charge is -2.00. The zero-order chi connectivity index (χ0) is 8.81. The molecule has 60 valence electrons. The van der Waals surface area contributed by atoms with Crippen molar-refractivity contribution >= 4 is 0 Å². The summed E-state index contributed by atoms with van der Waals surface area (Å²) in [7, 11) is 0. The lowest BCUT2D eigenvalue weighted by molar-refractivity contribution is 0.361. The van der Waals surface area contributed by atoms with E-state index in [0.29, 0.717) is 18.1 Å². The molecule has 3 nitrogen and oxygen atoms in total. The van der Waals surface area contributed by atoms with E-state index in [4.69, 9.17) is 10.00 Å². The van der Waals surface area contributed by atoms with Gasteiger partial charge in [-0.15, -0.1) is 0 Å². The van der Waals surface area contributed by atoms with Gasteiger partial charge in [-0.05, 0) is 12.1 Å². The van der Waals surface area contributed by atoms with Crippen LogP contribution in [0.4, 0.5) is 0 Å². The number of rotatable bonds is 3.